The minimum absolute atomic E-state index is 0.161. The molecule has 0 aliphatic rings. The summed E-state index contributed by atoms with van der Waals surface area (Å²) >= 11 is 0. The van der Waals surface area contributed by atoms with Crippen LogP contribution in [0, 0.1) is 0 Å². The predicted octanol–water partition coefficient (Wildman–Crippen LogP) is 5.34. The summed E-state index contributed by atoms with van der Waals surface area (Å²) in [6.45, 7) is 2.19. The molecule has 0 spiro atoms. The highest BCUT2D eigenvalue weighted by Crippen LogP contribution is 2.17. The molecule has 0 saturated heterocycles. The number of hydrogen-bond donors (Lipinski definition) is 1. The van der Waals surface area contributed by atoms with Crippen molar-refractivity contribution in [3.05, 3.63) is 0 Å². The quantitative estimate of drug-likeness (QED) is 0.306. The molecule has 0 aromatic rings. The Balaban J connectivity index is 3.40. The van der Waals surface area contributed by atoms with Crippen molar-refractivity contribution in [2.24, 2.45) is 0 Å². The van der Waals surface area contributed by atoms with E-state index in [1.54, 1.807) is 0 Å². The molecule has 0 rings (SSSR count). The number of unbranched alkanes of at least 4 members (excludes halogenated alkanes) is 9. The summed E-state index contributed by atoms with van der Waals surface area (Å²) in [4.78, 5) is 10.9. The van der Waals surface area contributed by atoms with Crippen molar-refractivity contribution in [1.82, 2.24) is 0 Å². The van der Waals surface area contributed by atoms with Crippen molar-refractivity contribution in [3.63, 3.8) is 0 Å². The van der Waals surface area contributed by atoms with E-state index in [0.29, 0.717) is 19.3 Å². The monoisotopic (exact) mass is 332 g/mol. The summed E-state index contributed by atoms with van der Waals surface area (Å²) in [5.74, 6) is -0.161. The van der Waals surface area contributed by atoms with Crippen LogP contribution in [0.5, 0.6) is 0 Å². The van der Waals surface area contributed by atoms with Gasteiger partial charge >= 0.3 is 5.97 Å². The average molecular weight is 333 g/mol. The first-order chi connectivity index (χ1) is 11.1. The fourth-order valence-electron chi connectivity index (χ4n) is 2.75. The van der Waals surface area contributed by atoms with E-state index in [1.165, 1.54) is 32.8 Å². The lowest BCUT2D eigenvalue weighted by atomic mass is 10.0. The van der Waals surface area contributed by atoms with Crippen molar-refractivity contribution in [2.45, 2.75) is 109 Å². The number of aliphatic hydroxyl groups is 1. The van der Waals surface area contributed by atoms with E-state index >= 15 is 0 Å². The van der Waals surface area contributed by atoms with Crippen molar-refractivity contribution < 1.29 is 19.0 Å². The van der Waals surface area contributed by atoms with E-state index in [9.17, 15) is 14.3 Å². The van der Waals surface area contributed by atoms with Gasteiger partial charge in [-0.15, -0.1) is 0 Å². The number of esters is 1. The minimum atomic E-state index is -1.08. The number of halogens is 1. The zero-order chi connectivity index (χ0) is 17.3. The van der Waals surface area contributed by atoms with Crippen LogP contribution in [0.15, 0.2) is 0 Å². The lowest BCUT2D eigenvalue weighted by Gasteiger charge is -2.15. The van der Waals surface area contributed by atoms with Crippen LogP contribution in [0.2, 0.25) is 0 Å². The molecular formula is C19H37FO3. The number of methoxy groups -OCH3 is 1. The summed E-state index contributed by atoms with van der Waals surface area (Å²) in [6.07, 6.45) is 11.2. The number of carbonyl (C=O) groups excluding carboxylic acids is 1. The smallest absolute Gasteiger partial charge is 0.305 e. The van der Waals surface area contributed by atoms with Crippen molar-refractivity contribution in [3.8, 4) is 0 Å². The van der Waals surface area contributed by atoms with Crippen LogP contribution < -0.4 is 0 Å². The maximum Gasteiger partial charge on any atom is 0.305 e. The van der Waals surface area contributed by atoms with E-state index in [-0.39, 0.29) is 5.97 Å². The highest BCUT2D eigenvalue weighted by atomic mass is 19.1. The van der Waals surface area contributed by atoms with E-state index in [4.69, 9.17) is 0 Å². The number of hydrogen-bond acceptors (Lipinski definition) is 3. The Bertz CT molecular complexity index is 271. The first-order valence-corrected chi connectivity index (χ1v) is 9.50. The van der Waals surface area contributed by atoms with Gasteiger partial charge in [0.25, 0.3) is 0 Å². The fourth-order valence-corrected chi connectivity index (χ4v) is 2.75. The molecule has 0 aromatic carbocycles. The standard InChI is InChI=1S/C19H37FO3/c1-3-4-5-6-9-12-15-18(21)17(20)14-11-8-7-10-13-16-19(22)23-2/h17-18,21H,3-16H2,1-2H3/t17-,18+/m0/s1. The molecule has 0 fully saturated rings. The molecule has 0 amide bonds. The summed E-state index contributed by atoms with van der Waals surface area (Å²) in [6, 6.07) is 0. The van der Waals surface area contributed by atoms with Gasteiger partial charge in [0.1, 0.15) is 6.17 Å². The lowest BCUT2D eigenvalue weighted by molar-refractivity contribution is -0.140. The Kier molecular flexibility index (Phi) is 15.8. The molecule has 4 heteroatoms. The molecule has 0 aliphatic heterocycles. The molecule has 3 nitrogen and oxygen atoms in total. The van der Waals surface area contributed by atoms with Crippen LogP contribution in [-0.2, 0) is 9.53 Å². The number of rotatable bonds is 16. The predicted molar refractivity (Wildman–Crippen MR) is 93.2 cm³/mol. The third kappa shape index (κ3) is 14.7. The van der Waals surface area contributed by atoms with Gasteiger partial charge in [-0.05, 0) is 19.3 Å². The van der Waals surface area contributed by atoms with E-state index in [1.807, 2.05) is 0 Å². The summed E-state index contributed by atoms with van der Waals surface area (Å²) in [7, 11) is 1.40. The minimum Gasteiger partial charge on any atom is -0.469 e. The SMILES string of the molecule is CCCCCCCC[C@@H](O)[C@@H](F)CCCCCCCC(=O)OC. The Morgan fingerprint density at radius 3 is 2.04 bits per heavy atom. The summed E-state index contributed by atoms with van der Waals surface area (Å²) in [5, 5.41) is 9.82. The average Bonchev–Trinajstić information content (AvgIpc) is 2.56. The van der Waals surface area contributed by atoms with E-state index < -0.39 is 12.3 Å². The molecule has 0 saturated carbocycles. The summed E-state index contributed by atoms with van der Waals surface area (Å²) in [5.41, 5.74) is 0. The van der Waals surface area contributed by atoms with Gasteiger partial charge in [-0.3, -0.25) is 4.79 Å². The van der Waals surface area contributed by atoms with Crippen molar-refractivity contribution >= 4 is 5.97 Å². The second kappa shape index (κ2) is 16.2. The van der Waals surface area contributed by atoms with Gasteiger partial charge in [0.15, 0.2) is 0 Å². The molecule has 0 aliphatic carbocycles. The highest BCUT2D eigenvalue weighted by Gasteiger charge is 2.17. The molecule has 0 aromatic heterocycles. The van der Waals surface area contributed by atoms with Gasteiger partial charge < -0.3 is 9.84 Å². The van der Waals surface area contributed by atoms with Gasteiger partial charge in [0, 0.05) is 6.42 Å². The molecule has 0 radical (unpaired) electrons. The largest absolute Gasteiger partial charge is 0.469 e. The first-order valence-electron chi connectivity index (χ1n) is 9.50. The fraction of sp³-hybridized carbons (Fsp3) is 0.947. The number of aliphatic hydroxyl groups excluding tert-OH is 1. The Hall–Kier alpha value is -0.640. The molecule has 0 unspecified atom stereocenters. The maximum atomic E-state index is 13.8. The topological polar surface area (TPSA) is 46.5 Å². The van der Waals surface area contributed by atoms with Crippen molar-refractivity contribution in [2.75, 3.05) is 7.11 Å². The van der Waals surface area contributed by atoms with Gasteiger partial charge in [0.05, 0.1) is 13.2 Å². The van der Waals surface area contributed by atoms with Gasteiger partial charge in [0.2, 0.25) is 0 Å². The highest BCUT2D eigenvalue weighted by molar-refractivity contribution is 5.68. The van der Waals surface area contributed by atoms with Crippen LogP contribution in [-0.4, -0.2) is 30.5 Å². The molecule has 2 atom stereocenters. The van der Waals surface area contributed by atoms with Crippen LogP contribution in [0.25, 0.3) is 0 Å². The zero-order valence-electron chi connectivity index (χ0n) is 15.2. The molecule has 1 N–H and O–H groups in total. The van der Waals surface area contributed by atoms with Gasteiger partial charge in [-0.2, -0.15) is 0 Å². The third-order valence-electron chi connectivity index (χ3n) is 4.36. The van der Waals surface area contributed by atoms with E-state index in [2.05, 4.69) is 11.7 Å². The Labute approximate surface area is 142 Å². The first kappa shape index (κ1) is 22.4. The zero-order valence-corrected chi connectivity index (χ0v) is 15.2. The second-order valence-corrected chi connectivity index (χ2v) is 6.52. The summed E-state index contributed by atoms with van der Waals surface area (Å²) < 4.78 is 18.4. The van der Waals surface area contributed by atoms with Crippen LogP contribution in [0.1, 0.15) is 96.8 Å². The number of alkyl halides is 1. The van der Waals surface area contributed by atoms with E-state index in [0.717, 1.165) is 44.9 Å². The molecular weight excluding hydrogens is 295 g/mol. The molecule has 23 heavy (non-hydrogen) atoms. The maximum absolute atomic E-state index is 13.8. The number of ether oxygens (including phenoxy) is 1. The third-order valence-corrected chi connectivity index (χ3v) is 4.36. The van der Waals surface area contributed by atoms with Crippen LogP contribution in [0.4, 0.5) is 4.39 Å². The Morgan fingerprint density at radius 1 is 0.913 bits per heavy atom. The van der Waals surface area contributed by atoms with Gasteiger partial charge in [-0.25, -0.2) is 4.39 Å². The molecule has 0 bridgehead atoms. The molecule has 0 heterocycles. The lowest BCUT2D eigenvalue weighted by Crippen LogP contribution is -2.21. The van der Waals surface area contributed by atoms with Crippen molar-refractivity contribution in [1.29, 1.82) is 0 Å². The second-order valence-electron chi connectivity index (χ2n) is 6.52. The van der Waals surface area contributed by atoms with Gasteiger partial charge in [-0.1, -0.05) is 71.1 Å². The normalized spacial score (nSPS) is 13.7. The Morgan fingerprint density at radius 2 is 1.43 bits per heavy atom. The van der Waals surface area contributed by atoms with Crippen LogP contribution in [0.3, 0.4) is 0 Å². The van der Waals surface area contributed by atoms with Crippen LogP contribution >= 0.6 is 0 Å². The molecule has 138 valence electrons. The number of carbonyl (C=O) groups is 1.